The van der Waals surface area contributed by atoms with Gasteiger partial charge in [0.1, 0.15) is 0 Å². The van der Waals surface area contributed by atoms with Gasteiger partial charge >= 0.3 is 11.2 Å². The molecule has 1 aromatic rings. The van der Waals surface area contributed by atoms with Gasteiger partial charge in [-0.05, 0) is 30.1 Å². The van der Waals surface area contributed by atoms with Gasteiger partial charge in [0.25, 0.3) is 0 Å². The zero-order chi connectivity index (χ0) is 14.6. The van der Waals surface area contributed by atoms with Crippen LogP contribution in [0.2, 0.25) is 0 Å². The van der Waals surface area contributed by atoms with Crippen LogP contribution in [0.4, 0.5) is 5.69 Å². The molecule has 20 heavy (non-hydrogen) atoms. The lowest BCUT2D eigenvalue weighted by molar-refractivity contribution is -0.386. The molecule has 0 atom stereocenters. The Morgan fingerprint density at radius 3 is 2.50 bits per heavy atom. The van der Waals surface area contributed by atoms with E-state index in [1.54, 1.807) is 12.3 Å². The molecule has 1 fully saturated rings. The molecule has 1 saturated carbocycles. The van der Waals surface area contributed by atoms with Crippen LogP contribution in [-0.2, 0) is 6.54 Å². The predicted octanol–water partition coefficient (Wildman–Crippen LogP) is 3.03. The molecule has 0 spiro atoms. The highest BCUT2D eigenvalue weighted by Gasteiger charge is 2.31. The molecule has 1 aliphatic carbocycles. The summed E-state index contributed by atoms with van der Waals surface area (Å²) >= 11 is 4.48. The van der Waals surface area contributed by atoms with Crippen molar-refractivity contribution in [3.63, 3.8) is 0 Å². The molecule has 0 radical (unpaired) electrons. The minimum atomic E-state index is -0.612. The van der Waals surface area contributed by atoms with E-state index in [9.17, 15) is 14.9 Å². The molecule has 0 amide bonds. The summed E-state index contributed by atoms with van der Waals surface area (Å²) in [7, 11) is 0. The molecule has 0 aromatic carbocycles. The minimum Gasteiger partial charge on any atom is -0.309 e. The first-order valence-corrected chi connectivity index (χ1v) is 7.66. The molecule has 6 heteroatoms. The SMILES string of the molecule is O=c1c([N+](=O)[O-])cccn1CC1(CS)CCCCCC1. The van der Waals surface area contributed by atoms with Gasteiger partial charge in [0.15, 0.2) is 0 Å². The molecule has 1 aliphatic rings. The average Bonchev–Trinajstić information content (AvgIpc) is 2.67. The predicted molar refractivity (Wildman–Crippen MR) is 81.3 cm³/mol. The fraction of sp³-hybridized carbons (Fsp3) is 0.643. The quantitative estimate of drug-likeness (QED) is 0.402. The molecule has 110 valence electrons. The second-order valence-corrected chi connectivity index (χ2v) is 5.97. The number of rotatable bonds is 4. The number of thiol groups is 1. The van der Waals surface area contributed by atoms with Crippen LogP contribution in [0.5, 0.6) is 0 Å². The summed E-state index contributed by atoms with van der Waals surface area (Å²) in [5, 5.41) is 10.8. The van der Waals surface area contributed by atoms with Crippen molar-refractivity contribution in [2.75, 3.05) is 5.75 Å². The molecule has 0 N–H and O–H groups in total. The third kappa shape index (κ3) is 3.23. The van der Waals surface area contributed by atoms with Crippen molar-refractivity contribution in [1.82, 2.24) is 4.57 Å². The first kappa shape index (κ1) is 15.1. The van der Waals surface area contributed by atoms with E-state index in [0.717, 1.165) is 25.7 Å². The fourth-order valence-electron chi connectivity index (χ4n) is 2.99. The summed E-state index contributed by atoms with van der Waals surface area (Å²) in [6.07, 6.45) is 8.44. The summed E-state index contributed by atoms with van der Waals surface area (Å²) in [5.41, 5.74) is -0.878. The van der Waals surface area contributed by atoms with Crippen LogP contribution in [0.3, 0.4) is 0 Å². The fourth-order valence-corrected chi connectivity index (χ4v) is 3.41. The van der Waals surface area contributed by atoms with E-state index in [0.29, 0.717) is 12.3 Å². The van der Waals surface area contributed by atoms with E-state index in [-0.39, 0.29) is 11.1 Å². The lowest BCUT2D eigenvalue weighted by Gasteiger charge is -2.31. The molecule has 0 bridgehead atoms. The second kappa shape index (κ2) is 6.43. The highest BCUT2D eigenvalue weighted by molar-refractivity contribution is 7.80. The van der Waals surface area contributed by atoms with Crippen molar-refractivity contribution in [2.45, 2.75) is 45.1 Å². The van der Waals surface area contributed by atoms with Crippen LogP contribution in [0.15, 0.2) is 23.1 Å². The maximum Gasteiger partial charge on any atom is 0.334 e. The zero-order valence-corrected chi connectivity index (χ0v) is 12.3. The van der Waals surface area contributed by atoms with Gasteiger partial charge < -0.3 is 4.57 Å². The largest absolute Gasteiger partial charge is 0.334 e. The van der Waals surface area contributed by atoms with Crippen LogP contribution >= 0.6 is 12.6 Å². The van der Waals surface area contributed by atoms with Crippen LogP contribution in [0.25, 0.3) is 0 Å². The Balaban J connectivity index is 2.30. The Kier molecular flexibility index (Phi) is 4.86. The number of nitrogens with zero attached hydrogens (tertiary/aromatic N) is 2. The molecular weight excluding hydrogens is 276 g/mol. The molecule has 5 nitrogen and oxygen atoms in total. The molecule has 0 aliphatic heterocycles. The van der Waals surface area contributed by atoms with Gasteiger partial charge in [-0.1, -0.05) is 25.7 Å². The first-order valence-electron chi connectivity index (χ1n) is 7.03. The van der Waals surface area contributed by atoms with E-state index < -0.39 is 10.5 Å². The lowest BCUT2D eigenvalue weighted by atomic mass is 9.82. The summed E-state index contributed by atoms with van der Waals surface area (Å²) in [5.74, 6) is 0.710. The molecule has 0 unspecified atom stereocenters. The van der Waals surface area contributed by atoms with E-state index in [2.05, 4.69) is 12.6 Å². The average molecular weight is 296 g/mol. The van der Waals surface area contributed by atoms with Crippen LogP contribution in [0, 0.1) is 15.5 Å². The number of aromatic nitrogens is 1. The highest BCUT2D eigenvalue weighted by Crippen LogP contribution is 2.37. The van der Waals surface area contributed by atoms with Crippen molar-refractivity contribution in [3.8, 4) is 0 Å². The van der Waals surface area contributed by atoms with E-state index >= 15 is 0 Å². The Hall–Kier alpha value is -1.30. The second-order valence-electron chi connectivity index (χ2n) is 5.66. The van der Waals surface area contributed by atoms with Gasteiger partial charge in [0.2, 0.25) is 0 Å². The number of hydrogen-bond acceptors (Lipinski definition) is 4. The summed E-state index contributed by atoms with van der Waals surface area (Å²) in [6, 6.07) is 2.84. The van der Waals surface area contributed by atoms with E-state index in [4.69, 9.17) is 0 Å². The minimum absolute atomic E-state index is 0.0152. The smallest absolute Gasteiger partial charge is 0.309 e. The molecule has 0 saturated heterocycles. The van der Waals surface area contributed by atoms with E-state index in [1.165, 1.54) is 23.5 Å². The van der Waals surface area contributed by atoms with Crippen LogP contribution in [0.1, 0.15) is 38.5 Å². The third-order valence-corrected chi connectivity index (χ3v) is 4.87. The Bertz CT molecular complexity index is 533. The van der Waals surface area contributed by atoms with Gasteiger partial charge in [0.05, 0.1) is 4.92 Å². The lowest BCUT2D eigenvalue weighted by Crippen LogP contribution is -2.34. The topological polar surface area (TPSA) is 65.1 Å². The van der Waals surface area contributed by atoms with Crippen LogP contribution in [-0.4, -0.2) is 15.2 Å². The van der Waals surface area contributed by atoms with Gasteiger partial charge in [-0.15, -0.1) is 0 Å². The molecule has 1 aromatic heterocycles. The third-order valence-electron chi connectivity index (χ3n) is 4.20. The maximum absolute atomic E-state index is 12.1. The number of nitro groups is 1. The van der Waals surface area contributed by atoms with Crippen molar-refractivity contribution < 1.29 is 4.92 Å². The monoisotopic (exact) mass is 296 g/mol. The summed E-state index contributed by atoms with van der Waals surface area (Å²) < 4.78 is 1.49. The zero-order valence-electron chi connectivity index (χ0n) is 11.5. The normalized spacial score (nSPS) is 18.4. The van der Waals surface area contributed by atoms with E-state index in [1.807, 2.05) is 0 Å². The first-order chi connectivity index (χ1) is 9.58. The maximum atomic E-state index is 12.1. The molecule has 2 rings (SSSR count). The Morgan fingerprint density at radius 1 is 1.30 bits per heavy atom. The van der Waals surface area contributed by atoms with Crippen molar-refractivity contribution in [1.29, 1.82) is 0 Å². The van der Waals surface area contributed by atoms with Gasteiger partial charge in [0, 0.05) is 18.8 Å². The summed E-state index contributed by atoms with van der Waals surface area (Å²) in [6.45, 7) is 0.525. The molecule has 1 heterocycles. The number of hydrogen-bond donors (Lipinski definition) is 1. The van der Waals surface area contributed by atoms with Crippen molar-refractivity contribution in [2.24, 2.45) is 5.41 Å². The Morgan fingerprint density at radius 2 is 1.95 bits per heavy atom. The van der Waals surface area contributed by atoms with Crippen molar-refractivity contribution >= 4 is 18.3 Å². The number of pyridine rings is 1. The Labute approximate surface area is 123 Å². The summed E-state index contributed by atoms with van der Waals surface area (Å²) in [4.78, 5) is 22.4. The van der Waals surface area contributed by atoms with Gasteiger partial charge in [-0.25, -0.2) is 0 Å². The standard InChI is InChI=1S/C14H20N2O3S/c17-13-12(16(18)19)6-5-9-15(13)10-14(11-20)7-3-1-2-4-8-14/h5-6,9,20H,1-4,7-8,10-11H2. The van der Waals surface area contributed by atoms with Gasteiger partial charge in [-0.3, -0.25) is 14.9 Å². The molecular formula is C14H20N2O3S. The van der Waals surface area contributed by atoms with Crippen LogP contribution < -0.4 is 5.56 Å². The van der Waals surface area contributed by atoms with Gasteiger partial charge in [-0.2, -0.15) is 12.6 Å². The highest BCUT2D eigenvalue weighted by atomic mass is 32.1. The van der Waals surface area contributed by atoms with Crippen molar-refractivity contribution in [3.05, 3.63) is 38.8 Å².